The fourth-order valence-corrected chi connectivity index (χ4v) is 7.38. The standard InChI is InChI=1S/C23H29NO8/c1-13(25)31-12-19(28)23(32-24(29)30)9-7-17-16-5-4-14-10-15(26)6-8-21(14,2)20(16)18(27)11-22(17,23)3/h6,8,10,16-18,20,27H,4-5,7,9,11-12H2,1-3H3/t16?,17-,18-,20+,21-,22-,23-/m0/s1. The van der Waals surface area contributed by atoms with Gasteiger partial charge in [-0.1, -0.05) is 25.5 Å². The summed E-state index contributed by atoms with van der Waals surface area (Å²) in [6.07, 6.45) is 6.45. The first-order valence-electron chi connectivity index (χ1n) is 11.1. The highest BCUT2D eigenvalue weighted by atomic mass is 17.0. The predicted octanol–water partition coefficient (Wildman–Crippen LogP) is 2.34. The Balaban J connectivity index is 1.73. The van der Waals surface area contributed by atoms with Crippen molar-refractivity contribution in [2.75, 3.05) is 6.61 Å². The highest BCUT2D eigenvalue weighted by Gasteiger charge is 2.70. The van der Waals surface area contributed by atoms with E-state index in [1.807, 2.05) is 13.0 Å². The van der Waals surface area contributed by atoms with Crippen molar-refractivity contribution >= 4 is 17.5 Å². The number of allylic oxidation sites excluding steroid dienone is 4. The largest absolute Gasteiger partial charge is 0.458 e. The molecule has 9 heteroatoms. The lowest BCUT2D eigenvalue weighted by molar-refractivity contribution is -0.780. The van der Waals surface area contributed by atoms with Crippen LogP contribution in [0, 0.1) is 38.7 Å². The molecule has 32 heavy (non-hydrogen) atoms. The second-order valence-corrected chi connectivity index (χ2v) is 10.1. The monoisotopic (exact) mass is 447 g/mol. The highest BCUT2D eigenvalue weighted by molar-refractivity contribution is 6.01. The Morgan fingerprint density at radius 2 is 2.03 bits per heavy atom. The van der Waals surface area contributed by atoms with Gasteiger partial charge in [0.05, 0.1) is 6.10 Å². The number of hydrogen-bond acceptors (Lipinski definition) is 8. The Bertz CT molecular complexity index is 940. The molecular weight excluding hydrogens is 418 g/mol. The highest BCUT2D eigenvalue weighted by Crippen LogP contribution is 2.67. The number of aliphatic hydroxyl groups excluding tert-OH is 1. The molecule has 1 N–H and O–H groups in total. The SMILES string of the molecule is CC(=O)OCC(=O)[C@@]1(O[N+](=O)[O-])CC[C@H]2C3CCC4=CC(=O)C=C[C@]4(C)[C@H]3[C@@H](O)C[C@@]21C. The van der Waals surface area contributed by atoms with E-state index in [4.69, 9.17) is 9.57 Å². The van der Waals surface area contributed by atoms with Crippen molar-refractivity contribution < 1.29 is 34.2 Å². The molecule has 174 valence electrons. The smallest absolute Gasteiger partial charge is 0.303 e. The maximum Gasteiger partial charge on any atom is 0.303 e. The van der Waals surface area contributed by atoms with Gasteiger partial charge in [-0.3, -0.25) is 19.2 Å². The van der Waals surface area contributed by atoms with Gasteiger partial charge in [0.1, 0.15) is 0 Å². The van der Waals surface area contributed by atoms with Crippen LogP contribution in [0.4, 0.5) is 0 Å². The molecule has 1 unspecified atom stereocenters. The minimum absolute atomic E-state index is 0.00232. The van der Waals surface area contributed by atoms with Crippen LogP contribution in [0.2, 0.25) is 0 Å². The summed E-state index contributed by atoms with van der Waals surface area (Å²) in [7, 11) is 0. The maximum atomic E-state index is 13.2. The van der Waals surface area contributed by atoms with Crippen LogP contribution in [-0.2, 0) is 24.0 Å². The van der Waals surface area contributed by atoms with Gasteiger partial charge >= 0.3 is 5.97 Å². The van der Waals surface area contributed by atoms with E-state index in [2.05, 4.69) is 0 Å². The molecule has 0 radical (unpaired) electrons. The van der Waals surface area contributed by atoms with Crippen molar-refractivity contribution in [2.45, 2.75) is 64.6 Å². The third-order valence-corrected chi connectivity index (χ3v) is 8.70. The number of nitrogens with zero attached hydrogens (tertiary/aromatic N) is 1. The van der Waals surface area contributed by atoms with Gasteiger partial charge in [0.25, 0.3) is 5.09 Å². The number of carbonyl (C=O) groups excluding carboxylic acids is 3. The first kappa shape index (κ1) is 22.6. The van der Waals surface area contributed by atoms with Crippen molar-refractivity contribution in [3.05, 3.63) is 33.9 Å². The summed E-state index contributed by atoms with van der Waals surface area (Å²) in [5, 5.41) is 21.9. The summed E-state index contributed by atoms with van der Waals surface area (Å²) < 4.78 is 4.88. The van der Waals surface area contributed by atoms with Crippen molar-refractivity contribution in [1.82, 2.24) is 0 Å². The second-order valence-electron chi connectivity index (χ2n) is 10.1. The van der Waals surface area contributed by atoms with Gasteiger partial charge in [0, 0.05) is 23.7 Å². The van der Waals surface area contributed by atoms with E-state index in [-0.39, 0.29) is 36.4 Å². The number of Topliss-reactive ketones (excluding diaryl/α,β-unsaturated/α-hetero) is 1. The molecule has 0 saturated heterocycles. The lowest BCUT2D eigenvalue weighted by Gasteiger charge is -2.59. The molecule has 9 nitrogen and oxygen atoms in total. The molecule has 0 bridgehead atoms. The van der Waals surface area contributed by atoms with Crippen LogP contribution in [0.25, 0.3) is 0 Å². The van der Waals surface area contributed by atoms with E-state index in [0.29, 0.717) is 12.8 Å². The van der Waals surface area contributed by atoms with Crippen LogP contribution in [0.1, 0.15) is 52.9 Å². The molecule has 3 saturated carbocycles. The number of hydrogen-bond donors (Lipinski definition) is 1. The molecule has 0 aromatic rings. The minimum atomic E-state index is -1.78. The van der Waals surface area contributed by atoms with Crippen LogP contribution in [0.15, 0.2) is 23.8 Å². The molecular formula is C23H29NO8. The van der Waals surface area contributed by atoms with E-state index in [1.54, 1.807) is 19.1 Å². The summed E-state index contributed by atoms with van der Waals surface area (Å²) in [5.74, 6) is -1.62. The molecule has 0 heterocycles. The first-order valence-corrected chi connectivity index (χ1v) is 11.1. The molecule has 0 aromatic carbocycles. The Kier molecular flexibility index (Phi) is 5.31. The number of esters is 1. The van der Waals surface area contributed by atoms with Crippen molar-refractivity contribution in [3.8, 4) is 0 Å². The van der Waals surface area contributed by atoms with Crippen molar-refractivity contribution in [2.24, 2.45) is 28.6 Å². The summed E-state index contributed by atoms with van der Waals surface area (Å²) >= 11 is 0. The normalized spacial score (nSPS) is 42.2. The zero-order valence-electron chi connectivity index (χ0n) is 18.5. The Morgan fingerprint density at radius 1 is 1.31 bits per heavy atom. The number of fused-ring (bicyclic) bond motifs is 5. The topological polar surface area (TPSA) is 133 Å². The lowest BCUT2D eigenvalue weighted by atomic mass is 9.46. The molecule has 7 atom stereocenters. The fraction of sp³-hybridized carbons (Fsp3) is 0.696. The number of rotatable bonds is 5. The number of ketones is 2. The molecule has 3 fully saturated rings. The fourth-order valence-electron chi connectivity index (χ4n) is 7.38. The molecule has 4 aliphatic rings. The van der Waals surface area contributed by atoms with Gasteiger partial charge in [-0.25, -0.2) is 0 Å². The Hall–Kier alpha value is -2.55. The third kappa shape index (κ3) is 3.12. The number of aliphatic hydroxyl groups is 1. The zero-order valence-corrected chi connectivity index (χ0v) is 18.5. The average molecular weight is 447 g/mol. The summed E-state index contributed by atoms with van der Waals surface area (Å²) in [4.78, 5) is 53.0. The second kappa shape index (κ2) is 7.50. The minimum Gasteiger partial charge on any atom is -0.458 e. The number of ether oxygens (including phenoxy) is 1. The van der Waals surface area contributed by atoms with Crippen LogP contribution in [-0.4, -0.2) is 46.0 Å². The van der Waals surface area contributed by atoms with Crippen molar-refractivity contribution in [3.63, 3.8) is 0 Å². The average Bonchev–Trinajstić information content (AvgIpc) is 2.98. The summed E-state index contributed by atoms with van der Waals surface area (Å²) in [6.45, 7) is 4.38. The van der Waals surface area contributed by atoms with Gasteiger partial charge in [-0.2, -0.15) is 0 Å². The predicted molar refractivity (Wildman–Crippen MR) is 110 cm³/mol. The van der Waals surface area contributed by atoms with E-state index >= 15 is 0 Å². The molecule has 4 rings (SSSR count). The maximum absolute atomic E-state index is 13.2. The van der Waals surface area contributed by atoms with Crippen LogP contribution in [0.3, 0.4) is 0 Å². The first-order chi connectivity index (χ1) is 14.9. The zero-order chi connectivity index (χ0) is 23.5. The summed E-state index contributed by atoms with van der Waals surface area (Å²) in [5.41, 5.74) is -2.25. The molecule has 0 aromatic heterocycles. The van der Waals surface area contributed by atoms with Gasteiger partial charge < -0.3 is 9.84 Å². The van der Waals surface area contributed by atoms with Gasteiger partial charge in [0.2, 0.25) is 5.78 Å². The van der Waals surface area contributed by atoms with E-state index < -0.39 is 46.0 Å². The van der Waals surface area contributed by atoms with Crippen LogP contribution >= 0.6 is 0 Å². The lowest BCUT2D eigenvalue weighted by Crippen LogP contribution is -2.63. The third-order valence-electron chi connectivity index (χ3n) is 8.70. The molecule has 0 aliphatic heterocycles. The molecule has 0 amide bonds. The quantitative estimate of drug-likeness (QED) is 0.386. The van der Waals surface area contributed by atoms with E-state index in [0.717, 1.165) is 12.0 Å². The molecule has 0 spiro atoms. The van der Waals surface area contributed by atoms with Crippen LogP contribution < -0.4 is 0 Å². The Labute approximate surface area is 185 Å². The van der Waals surface area contributed by atoms with Gasteiger partial charge in [-0.15, -0.1) is 10.1 Å². The van der Waals surface area contributed by atoms with E-state index in [1.165, 1.54) is 6.92 Å². The van der Waals surface area contributed by atoms with Gasteiger partial charge in [0.15, 0.2) is 18.0 Å². The summed E-state index contributed by atoms with van der Waals surface area (Å²) in [6, 6.07) is 0. The number of carbonyl (C=O) groups is 3. The molecule has 4 aliphatic carbocycles. The van der Waals surface area contributed by atoms with Crippen LogP contribution in [0.5, 0.6) is 0 Å². The van der Waals surface area contributed by atoms with Crippen molar-refractivity contribution in [1.29, 1.82) is 0 Å². The Morgan fingerprint density at radius 3 is 2.69 bits per heavy atom. The van der Waals surface area contributed by atoms with E-state index in [9.17, 15) is 29.6 Å². The van der Waals surface area contributed by atoms with Gasteiger partial charge in [-0.05, 0) is 56.1 Å².